The number of hydrogen-bond acceptors (Lipinski definition) is 4. The van der Waals surface area contributed by atoms with Crippen LogP contribution in [0.4, 0.5) is 5.69 Å². The van der Waals surface area contributed by atoms with E-state index in [-0.39, 0.29) is 10.7 Å². The lowest BCUT2D eigenvalue weighted by Crippen LogP contribution is -2.01. The molecule has 3 aromatic rings. The van der Waals surface area contributed by atoms with Crippen molar-refractivity contribution in [3.8, 4) is 11.1 Å². The molecule has 0 amide bonds. The van der Waals surface area contributed by atoms with E-state index in [1.807, 2.05) is 24.3 Å². The first-order chi connectivity index (χ1) is 10.6. The predicted octanol–water partition coefficient (Wildman–Crippen LogP) is 3.56. The van der Waals surface area contributed by atoms with E-state index in [1.54, 1.807) is 23.1 Å². The second-order valence-electron chi connectivity index (χ2n) is 4.67. The minimum atomic E-state index is -0.480. The quantitative estimate of drug-likeness (QED) is 0.545. The molecule has 22 heavy (non-hydrogen) atoms. The van der Waals surface area contributed by atoms with Crippen LogP contribution < -0.4 is 0 Å². The van der Waals surface area contributed by atoms with Crippen molar-refractivity contribution in [3.05, 3.63) is 75.8 Å². The predicted molar refractivity (Wildman–Crippen MR) is 82.7 cm³/mol. The van der Waals surface area contributed by atoms with Crippen molar-refractivity contribution >= 4 is 17.3 Å². The van der Waals surface area contributed by atoms with Crippen molar-refractivity contribution in [2.45, 2.75) is 6.54 Å². The van der Waals surface area contributed by atoms with E-state index in [9.17, 15) is 10.1 Å². The number of nitrogens with zero attached hydrogens (tertiary/aromatic N) is 4. The molecule has 0 aliphatic carbocycles. The summed E-state index contributed by atoms with van der Waals surface area (Å²) in [5, 5.41) is 15.3. The maximum absolute atomic E-state index is 11.0. The third-order valence-electron chi connectivity index (χ3n) is 3.27. The van der Waals surface area contributed by atoms with Gasteiger partial charge in [-0.05, 0) is 22.8 Å². The third kappa shape index (κ3) is 2.82. The fourth-order valence-electron chi connectivity index (χ4n) is 2.25. The molecule has 2 aromatic carbocycles. The van der Waals surface area contributed by atoms with Gasteiger partial charge in [-0.3, -0.25) is 10.1 Å². The molecule has 0 radical (unpaired) electrons. The Labute approximate surface area is 131 Å². The van der Waals surface area contributed by atoms with Gasteiger partial charge in [0.15, 0.2) is 0 Å². The standard InChI is InChI=1S/C15H11ClN4O2/c16-14-6-5-11(7-15(14)20(21)22)13-4-2-1-3-12(13)8-19-10-17-9-18-19/h1-7,9-10H,8H2. The molecule has 0 spiro atoms. The number of halogens is 1. The maximum atomic E-state index is 11.0. The molecule has 0 N–H and O–H groups in total. The Morgan fingerprint density at radius 2 is 2.05 bits per heavy atom. The molecule has 0 unspecified atom stereocenters. The van der Waals surface area contributed by atoms with Crippen LogP contribution in [0.3, 0.4) is 0 Å². The van der Waals surface area contributed by atoms with E-state index < -0.39 is 4.92 Å². The zero-order valence-electron chi connectivity index (χ0n) is 11.4. The van der Waals surface area contributed by atoms with Crippen molar-refractivity contribution in [1.82, 2.24) is 14.8 Å². The van der Waals surface area contributed by atoms with E-state index in [0.29, 0.717) is 6.54 Å². The van der Waals surface area contributed by atoms with Crippen molar-refractivity contribution in [2.75, 3.05) is 0 Å². The molecular formula is C15H11ClN4O2. The second-order valence-corrected chi connectivity index (χ2v) is 5.08. The molecular weight excluding hydrogens is 304 g/mol. The van der Waals surface area contributed by atoms with Gasteiger partial charge in [-0.15, -0.1) is 0 Å². The van der Waals surface area contributed by atoms with Gasteiger partial charge in [0.25, 0.3) is 5.69 Å². The summed E-state index contributed by atoms with van der Waals surface area (Å²) in [5.41, 5.74) is 2.53. The number of aromatic nitrogens is 3. The van der Waals surface area contributed by atoms with Gasteiger partial charge in [-0.25, -0.2) is 9.67 Å². The van der Waals surface area contributed by atoms with Gasteiger partial charge in [0.1, 0.15) is 17.7 Å². The average Bonchev–Trinajstić information content (AvgIpc) is 3.01. The van der Waals surface area contributed by atoms with Crippen LogP contribution in [0.15, 0.2) is 55.1 Å². The molecule has 1 heterocycles. The minimum Gasteiger partial charge on any atom is -0.258 e. The highest BCUT2D eigenvalue weighted by molar-refractivity contribution is 6.32. The Kier molecular flexibility index (Phi) is 3.84. The largest absolute Gasteiger partial charge is 0.288 e. The number of nitro benzene ring substituents is 1. The molecule has 0 aliphatic rings. The van der Waals surface area contributed by atoms with E-state index in [1.165, 1.54) is 12.4 Å². The van der Waals surface area contributed by atoms with E-state index in [4.69, 9.17) is 11.6 Å². The highest BCUT2D eigenvalue weighted by Gasteiger charge is 2.15. The Hall–Kier alpha value is -2.73. The third-order valence-corrected chi connectivity index (χ3v) is 3.59. The van der Waals surface area contributed by atoms with E-state index >= 15 is 0 Å². The molecule has 0 saturated heterocycles. The molecule has 6 nitrogen and oxygen atoms in total. The van der Waals surface area contributed by atoms with Crippen molar-refractivity contribution in [1.29, 1.82) is 0 Å². The summed E-state index contributed by atoms with van der Waals surface area (Å²) < 4.78 is 1.70. The number of benzene rings is 2. The first-order valence-electron chi connectivity index (χ1n) is 6.50. The average molecular weight is 315 g/mol. The SMILES string of the molecule is O=[N+]([O-])c1cc(-c2ccccc2Cn2cncn2)ccc1Cl. The van der Waals surface area contributed by atoms with Gasteiger partial charge in [0.2, 0.25) is 0 Å². The lowest BCUT2D eigenvalue weighted by molar-refractivity contribution is -0.384. The normalized spacial score (nSPS) is 10.6. The Balaban J connectivity index is 2.05. The number of rotatable bonds is 4. The molecule has 0 bridgehead atoms. The summed E-state index contributed by atoms with van der Waals surface area (Å²) in [5.74, 6) is 0. The topological polar surface area (TPSA) is 73.8 Å². The Morgan fingerprint density at radius 1 is 1.23 bits per heavy atom. The van der Waals surface area contributed by atoms with Crippen LogP contribution in [0, 0.1) is 10.1 Å². The Bertz CT molecular complexity index is 818. The zero-order chi connectivity index (χ0) is 15.5. The van der Waals surface area contributed by atoms with Crippen molar-refractivity contribution in [3.63, 3.8) is 0 Å². The molecule has 110 valence electrons. The maximum Gasteiger partial charge on any atom is 0.288 e. The van der Waals surface area contributed by atoms with E-state index in [0.717, 1.165) is 16.7 Å². The van der Waals surface area contributed by atoms with Crippen molar-refractivity contribution < 1.29 is 4.92 Å². The van der Waals surface area contributed by atoms with Gasteiger partial charge in [0, 0.05) is 6.07 Å². The summed E-state index contributed by atoms with van der Waals surface area (Å²) in [7, 11) is 0. The molecule has 0 fully saturated rings. The highest BCUT2D eigenvalue weighted by Crippen LogP contribution is 2.32. The van der Waals surface area contributed by atoms with Crippen molar-refractivity contribution in [2.24, 2.45) is 0 Å². The summed E-state index contributed by atoms with van der Waals surface area (Å²) >= 11 is 5.87. The lowest BCUT2D eigenvalue weighted by Gasteiger charge is -2.10. The summed E-state index contributed by atoms with van der Waals surface area (Å²) in [4.78, 5) is 14.5. The zero-order valence-corrected chi connectivity index (χ0v) is 12.1. The van der Waals surface area contributed by atoms with Crippen LogP contribution in [0.5, 0.6) is 0 Å². The monoisotopic (exact) mass is 314 g/mol. The van der Waals surface area contributed by atoms with Crippen LogP contribution in [-0.4, -0.2) is 19.7 Å². The van der Waals surface area contributed by atoms with Crippen LogP contribution in [-0.2, 0) is 6.54 Å². The minimum absolute atomic E-state index is 0.102. The molecule has 0 saturated carbocycles. The fourth-order valence-corrected chi connectivity index (χ4v) is 2.44. The molecule has 7 heteroatoms. The Morgan fingerprint density at radius 3 is 2.77 bits per heavy atom. The van der Waals surface area contributed by atoms with Crippen LogP contribution in [0.25, 0.3) is 11.1 Å². The molecule has 1 aromatic heterocycles. The first kappa shape index (κ1) is 14.2. The van der Waals surface area contributed by atoms with Gasteiger partial charge in [0.05, 0.1) is 11.5 Å². The lowest BCUT2D eigenvalue weighted by atomic mass is 9.99. The summed E-state index contributed by atoms with van der Waals surface area (Å²) in [6.07, 6.45) is 3.09. The van der Waals surface area contributed by atoms with Gasteiger partial charge in [-0.1, -0.05) is 41.9 Å². The fraction of sp³-hybridized carbons (Fsp3) is 0.0667. The smallest absolute Gasteiger partial charge is 0.258 e. The number of nitro groups is 1. The van der Waals surface area contributed by atoms with Gasteiger partial charge in [-0.2, -0.15) is 5.10 Å². The number of hydrogen-bond donors (Lipinski definition) is 0. The molecule has 0 atom stereocenters. The molecule has 3 rings (SSSR count). The van der Waals surface area contributed by atoms with Gasteiger partial charge < -0.3 is 0 Å². The summed E-state index contributed by atoms with van der Waals surface area (Å²) in [6, 6.07) is 12.5. The second kappa shape index (κ2) is 5.95. The molecule has 0 aliphatic heterocycles. The highest BCUT2D eigenvalue weighted by atomic mass is 35.5. The van der Waals surface area contributed by atoms with Crippen LogP contribution in [0.1, 0.15) is 5.56 Å². The first-order valence-corrected chi connectivity index (χ1v) is 6.87. The van der Waals surface area contributed by atoms with Gasteiger partial charge >= 0.3 is 0 Å². The van der Waals surface area contributed by atoms with E-state index in [2.05, 4.69) is 10.1 Å². The summed E-state index contributed by atoms with van der Waals surface area (Å²) in [6.45, 7) is 0.534. The van der Waals surface area contributed by atoms with Crippen LogP contribution >= 0.6 is 11.6 Å². The van der Waals surface area contributed by atoms with Crippen LogP contribution in [0.2, 0.25) is 5.02 Å².